The molecule has 0 aliphatic heterocycles. The summed E-state index contributed by atoms with van der Waals surface area (Å²) in [6, 6.07) is -0.0574. The summed E-state index contributed by atoms with van der Waals surface area (Å²) in [4.78, 5) is 29.3. The van der Waals surface area contributed by atoms with E-state index >= 15 is 0 Å². The second-order valence-electron chi connectivity index (χ2n) is 3.98. The van der Waals surface area contributed by atoms with Gasteiger partial charge < -0.3 is 25.2 Å². The molecule has 0 radical (unpaired) electrons. The minimum Gasteiger partial charge on any atom is -0.480 e. The van der Waals surface area contributed by atoms with Gasteiger partial charge >= 0.3 is 12.0 Å². The fourth-order valence-electron chi connectivity index (χ4n) is 1.53. The summed E-state index contributed by atoms with van der Waals surface area (Å²) >= 11 is 0. The Morgan fingerprint density at radius 3 is 2.95 bits per heavy atom. The lowest BCUT2D eigenvalue weighted by Gasteiger charge is -2.13. The van der Waals surface area contributed by atoms with E-state index in [2.05, 4.69) is 25.8 Å². The molecule has 20 heavy (non-hydrogen) atoms. The molecule has 2 heterocycles. The summed E-state index contributed by atoms with van der Waals surface area (Å²) in [7, 11) is 0. The van der Waals surface area contributed by atoms with Crippen molar-refractivity contribution in [2.45, 2.75) is 19.0 Å². The minimum atomic E-state index is -1.13. The quantitative estimate of drug-likeness (QED) is 0.583. The number of H-pyrrole nitrogens is 1. The van der Waals surface area contributed by atoms with Crippen LogP contribution in [0.5, 0.6) is 0 Å². The summed E-state index contributed by atoms with van der Waals surface area (Å²) in [5.41, 5.74) is 0.618. The molecule has 0 aromatic carbocycles. The number of amides is 2. The summed E-state index contributed by atoms with van der Waals surface area (Å²) in [6.07, 6.45) is 4.51. The average molecular weight is 279 g/mol. The first kappa shape index (κ1) is 13.6. The van der Waals surface area contributed by atoms with Crippen LogP contribution in [-0.2, 0) is 17.8 Å². The Balaban J connectivity index is 1.84. The number of aromatic amines is 1. The van der Waals surface area contributed by atoms with Gasteiger partial charge in [0, 0.05) is 24.4 Å². The summed E-state index contributed by atoms with van der Waals surface area (Å²) in [5, 5.41) is 17.4. The molecule has 0 fully saturated rings. The number of rotatable bonds is 6. The van der Waals surface area contributed by atoms with Crippen molar-refractivity contribution in [1.29, 1.82) is 0 Å². The second kappa shape index (κ2) is 6.36. The first-order chi connectivity index (χ1) is 9.65. The Kier molecular flexibility index (Phi) is 4.32. The number of nitrogens with zero attached hydrogens (tertiary/aromatic N) is 2. The van der Waals surface area contributed by atoms with Crippen molar-refractivity contribution in [3.05, 3.63) is 36.2 Å². The van der Waals surface area contributed by atoms with E-state index in [0.717, 1.165) is 0 Å². The van der Waals surface area contributed by atoms with E-state index in [4.69, 9.17) is 9.63 Å². The van der Waals surface area contributed by atoms with Gasteiger partial charge in [-0.25, -0.2) is 14.6 Å². The van der Waals surface area contributed by atoms with Gasteiger partial charge in [-0.2, -0.15) is 0 Å². The highest BCUT2D eigenvalue weighted by Crippen LogP contribution is 1.99. The minimum absolute atomic E-state index is 0.116. The van der Waals surface area contributed by atoms with Crippen molar-refractivity contribution in [1.82, 2.24) is 25.8 Å². The van der Waals surface area contributed by atoms with E-state index in [1.54, 1.807) is 6.07 Å². The lowest BCUT2D eigenvalue weighted by Crippen LogP contribution is -2.46. The van der Waals surface area contributed by atoms with Crippen molar-refractivity contribution < 1.29 is 19.2 Å². The number of nitrogens with one attached hydrogen (secondary N) is 3. The maximum Gasteiger partial charge on any atom is 0.326 e. The van der Waals surface area contributed by atoms with Crippen LogP contribution in [0.1, 0.15) is 11.5 Å². The molecule has 0 bridgehead atoms. The first-order valence-corrected chi connectivity index (χ1v) is 5.79. The van der Waals surface area contributed by atoms with Crippen molar-refractivity contribution in [3.8, 4) is 0 Å². The molecule has 1 atom stereocenters. The lowest BCUT2D eigenvalue weighted by atomic mass is 10.2. The average Bonchev–Trinajstić information content (AvgIpc) is 3.08. The van der Waals surface area contributed by atoms with Gasteiger partial charge in [0.1, 0.15) is 6.04 Å². The molecule has 2 amide bonds. The van der Waals surface area contributed by atoms with Crippen LogP contribution in [0.25, 0.3) is 0 Å². The highest BCUT2D eigenvalue weighted by atomic mass is 16.5. The Morgan fingerprint density at radius 2 is 2.35 bits per heavy atom. The Hall–Kier alpha value is -2.84. The van der Waals surface area contributed by atoms with Crippen molar-refractivity contribution >= 4 is 12.0 Å². The number of aliphatic carboxylic acids is 1. The van der Waals surface area contributed by atoms with Gasteiger partial charge in [0.15, 0.2) is 5.76 Å². The van der Waals surface area contributed by atoms with E-state index in [-0.39, 0.29) is 13.0 Å². The molecule has 106 valence electrons. The largest absolute Gasteiger partial charge is 0.480 e. The van der Waals surface area contributed by atoms with E-state index in [9.17, 15) is 9.59 Å². The van der Waals surface area contributed by atoms with Gasteiger partial charge in [0.2, 0.25) is 0 Å². The number of hydrogen-bond donors (Lipinski definition) is 4. The van der Waals surface area contributed by atoms with Crippen LogP contribution in [0.4, 0.5) is 4.79 Å². The van der Waals surface area contributed by atoms with Crippen LogP contribution >= 0.6 is 0 Å². The Bertz CT molecular complexity index is 551. The summed E-state index contributed by atoms with van der Waals surface area (Å²) < 4.78 is 4.80. The number of carbonyl (C=O) groups excluding carboxylic acids is 1. The Labute approximate surface area is 113 Å². The molecule has 0 spiro atoms. The first-order valence-electron chi connectivity index (χ1n) is 5.79. The van der Waals surface area contributed by atoms with Gasteiger partial charge in [0.05, 0.1) is 19.1 Å². The third-order valence-electron chi connectivity index (χ3n) is 2.50. The van der Waals surface area contributed by atoms with Gasteiger partial charge in [-0.15, -0.1) is 0 Å². The zero-order valence-corrected chi connectivity index (χ0v) is 10.4. The number of urea groups is 1. The van der Waals surface area contributed by atoms with Gasteiger partial charge in [-0.3, -0.25) is 0 Å². The molecular formula is C11H13N5O4. The molecule has 0 aliphatic carbocycles. The molecule has 4 N–H and O–H groups in total. The summed E-state index contributed by atoms with van der Waals surface area (Å²) in [5.74, 6) is -0.657. The number of carboxylic acid groups (broad SMARTS) is 1. The number of carbonyl (C=O) groups is 2. The van der Waals surface area contributed by atoms with E-state index in [1.807, 2.05) is 0 Å². The Morgan fingerprint density at radius 1 is 1.50 bits per heavy atom. The maximum atomic E-state index is 11.6. The number of imidazole rings is 1. The zero-order chi connectivity index (χ0) is 14.4. The predicted molar refractivity (Wildman–Crippen MR) is 65.6 cm³/mol. The zero-order valence-electron chi connectivity index (χ0n) is 10.4. The van der Waals surface area contributed by atoms with Crippen LogP contribution in [0.2, 0.25) is 0 Å². The van der Waals surface area contributed by atoms with E-state index in [1.165, 1.54) is 18.7 Å². The molecule has 2 aromatic rings. The molecule has 2 rings (SSSR count). The smallest absolute Gasteiger partial charge is 0.326 e. The third-order valence-corrected chi connectivity index (χ3v) is 2.50. The van der Waals surface area contributed by atoms with Crippen LogP contribution in [0.15, 0.2) is 29.3 Å². The lowest BCUT2D eigenvalue weighted by molar-refractivity contribution is -0.139. The SMILES string of the molecule is O=C(NCc1ccno1)N[C@H](Cc1cnc[nH]1)C(=O)O. The van der Waals surface area contributed by atoms with Crippen molar-refractivity contribution in [3.63, 3.8) is 0 Å². The van der Waals surface area contributed by atoms with Crippen LogP contribution in [0.3, 0.4) is 0 Å². The molecule has 0 saturated carbocycles. The maximum absolute atomic E-state index is 11.6. The third kappa shape index (κ3) is 3.83. The normalized spacial score (nSPS) is 11.8. The van der Waals surface area contributed by atoms with Gasteiger partial charge in [0.25, 0.3) is 0 Å². The predicted octanol–water partition coefficient (Wildman–Crippen LogP) is -0.107. The van der Waals surface area contributed by atoms with Crippen LogP contribution in [0, 0.1) is 0 Å². The van der Waals surface area contributed by atoms with E-state index in [0.29, 0.717) is 11.5 Å². The molecule has 0 aliphatic rings. The fraction of sp³-hybridized carbons (Fsp3) is 0.273. The monoisotopic (exact) mass is 279 g/mol. The molecule has 2 aromatic heterocycles. The molecule has 9 heteroatoms. The van der Waals surface area contributed by atoms with Crippen molar-refractivity contribution in [2.24, 2.45) is 0 Å². The number of hydrogen-bond acceptors (Lipinski definition) is 5. The topological polar surface area (TPSA) is 133 Å². The molecule has 0 saturated heterocycles. The second-order valence-corrected chi connectivity index (χ2v) is 3.98. The standard InChI is InChI=1S/C11H13N5O4/c17-10(18)9(3-7-4-12-6-14-7)16-11(19)13-5-8-1-2-15-20-8/h1-2,4,6,9H,3,5H2,(H,12,14)(H,17,18)(H2,13,16,19)/t9-/m1/s1. The number of carboxylic acids is 1. The van der Waals surface area contributed by atoms with Crippen LogP contribution in [-0.4, -0.2) is 38.3 Å². The highest BCUT2D eigenvalue weighted by molar-refractivity contribution is 5.82. The molecule has 0 unspecified atom stereocenters. The highest BCUT2D eigenvalue weighted by Gasteiger charge is 2.20. The van der Waals surface area contributed by atoms with Gasteiger partial charge in [-0.1, -0.05) is 5.16 Å². The van der Waals surface area contributed by atoms with Gasteiger partial charge in [-0.05, 0) is 0 Å². The number of aromatic nitrogens is 3. The molecule has 9 nitrogen and oxygen atoms in total. The van der Waals surface area contributed by atoms with E-state index < -0.39 is 18.0 Å². The van der Waals surface area contributed by atoms with Crippen LogP contribution < -0.4 is 10.6 Å². The summed E-state index contributed by atoms with van der Waals surface area (Å²) in [6.45, 7) is 0.127. The fourth-order valence-corrected chi connectivity index (χ4v) is 1.53. The molecular weight excluding hydrogens is 266 g/mol. The van der Waals surface area contributed by atoms with Crippen molar-refractivity contribution in [2.75, 3.05) is 0 Å².